The van der Waals surface area contributed by atoms with Crippen LogP contribution in [0.4, 0.5) is 4.39 Å². The standard InChI is InChI=1S/C15H14FN3O/c1-15(2)11(8-17)13(15)14-18-12(19-20-14)7-9-3-5-10(16)6-4-9/h3-6,11,13H,7H2,1-2H3. The molecule has 1 heterocycles. The van der Waals surface area contributed by atoms with Crippen molar-refractivity contribution in [1.29, 1.82) is 5.26 Å². The summed E-state index contributed by atoms with van der Waals surface area (Å²) in [5, 5.41) is 13.0. The molecule has 0 radical (unpaired) electrons. The van der Waals surface area contributed by atoms with Crippen LogP contribution in [0.2, 0.25) is 0 Å². The molecule has 1 fully saturated rings. The number of benzene rings is 1. The third kappa shape index (κ3) is 2.07. The Morgan fingerprint density at radius 2 is 2.05 bits per heavy atom. The summed E-state index contributed by atoms with van der Waals surface area (Å²) in [4.78, 5) is 4.36. The van der Waals surface area contributed by atoms with E-state index in [1.807, 2.05) is 13.8 Å². The summed E-state index contributed by atoms with van der Waals surface area (Å²) < 4.78 is 18.1. The van der Waals surface area contributed by atoms with Crippen LogP contribution in [-0.4, -0.2) is 10.1 Å². The topological polar surface area (TPSA) is 62.7 Å². The van der Waals surface area contributed by atoms with Crippen LogP contribution in [0.1, 0.15) is 37.0 Å². The molecule has 5 heteroatoms. The zero-order chi connectivity index (χ0) is 14.3. The summed E-state index contributed by atoms with van der Waals surface area (Å²) in [5.74, 6) is 0.771. The van der Waals surface area contributed by atoms with E-state index in [2.05, 4.69) is 16.2 Å². The predicted molar refractivity (Wildman–Crippen MR) is 69.1 cm³/mol. The van der Waals surface area contributed by atoms with Crippen LogP contribution in [0.3, 0.4) is 0 Å². The maximum atomic E-state index is 12.8. The van der Waals surface area contributed by atoms with Crippen LogP contribution in [0.25, 0.3) is 0 Å². The van der Waals surface area contributed by atoms with Crippen LogP contribution >= 0.6 is 0 Å². The van der Waals surface area contributed by atoms with Gasteiger partial charge in [-0.3, -0.25) is 0 Å². The van der Waals surface area contributed by atoms with Gasteiger partial charge in [-0.05, 0) is 23.1 Å². The van der Waals surface area contributed by atoms with Gasteiger partial charge in [0.1, 0.15) is 5.82 Å². The molecule has 20 heavy (non-hydrogen) atoms. The van der Waals surface area contributed by atoms with Crippen LogP contribution < -0.4 is 0 Å². The molecule has 1 saturated carbocycles. The van der Waals surface area contributed by atoms with E-state index in [0.29, 0.717) is 18.1 Å². The minimum absolute atomic E-state index is 0.0157. The maximum absolute atomic E-state index is 12.8. The van der Waals surface area contributed by atoms with Gasteiger partial charge in [0.25, 0.3) is 0 Å². The number of rotatable bonds is 3. The van der Waals surface area contributed by atoms with Gasteiger partial charge in [0.2, 0.25) is 5.89 Å². The van der Waals surface area contributed by atoms with E-state index in [9.17, 15) is 4.39 Å². The van der Waals surface area contributed by atoms with E-state index < -0.39 is 0 Å². The molecule has 1 aromatic heterocycles. The molecule has 102 valence electrons. The van der Waals surface area contributed by atoms with E-state index in [0.717, 1.165) is 5.56 Å². The average Bonchev–Trinajstić information content (AvgIpc) is 2.75. The molecule has 1 aliphatic rings. The Morgan fingerprint density at radius 3 is 2.65 bits per heavy atom. The van der Waals surface area contributed by atoms with Gasteiger partial charge in [-0.2, -0.15) is 10.2 Å². The number of hydrogen-bond acceptors (Lipinski definition) is 4. The first-order chi connectivity index (χ1) is 9.52. The van der Waals surface area contributed by atoms with Crippen molar-refractivity contribution >= 4 is 0 Å². The summed E-state index contributed by atoms with van der Waals surface area (Å²) in [6, 6.07) is 8.49. The summed E-state index contributed by atoms with van der Waals surface area (Å²) in [6.45, 7) is 4.05. The Balaban J connectivity index is 1.75. The zero-order valence-electron chi connectivity index (χ0n) is 11.3. The third-order valence-electron chi connectivity index (χ3n) is 3.99. The first-order valence-corrected chi connectivity index (χ1v) is 6.49. The lowest BCUT2D eigenvalue weighted by molar-refractivity contribution is 0.363. The molecule has 2 unspecified atom stereocenters. The Labute approximate surface area is 116 Å². The van der Waals surface area contributed by atoms with E-state index in [4.69, 9.17) is 9.78 Å². The van der Waals surface area contributed by atoms with Crippen molar-refractivity contribution in [3.63, 3.8) is 0 Å². The Hall–Kier alpha value is -2.22. The van der Waals surface area contributed by atoms with Gasteiger partial charge in [-0.15, -0.1) is 0 Å². The van der Waals surface area contributed by atoms with Gasteiger partial charge in [0.15, 0.2) is 5.82 Å². The molecular formula is C15H14FN3O. The first kappa shape index (κ1) is 12.8. The summed E-state index contributed by atoms with van der Waals surface area (Å²) in [7, 11) is 0. The number of nitrogens with zero attached hydrogens (tertiary/aromatic N) is 3. The van der Waals surface area contributed by atoms with Crippen molar-refractivity contribution in [2.75, 3.05) is 0 Å². The second-order valence-corrected chi connectivity index (χ2v) is 5.76. The number of nitriles is 1. The summed E-state index contributed by atoms with van der Waals surface area (Å²) in [5.41, 5.74) is 0.819. The highest BCUT2D eigenvalue weighted by Crippen LogP contribution is 2.63. The number of halogens is 1. The Bertz CT molecular complexity index is 669. The van der Waals surface area contributed by atoms with Crippen molar-refractivity contribution in [3.05, 3.63) is 47.4 Å². The predicted octanol–water partition coefficient (Wildman–Crippen LogP) is 3.06. The van der Waals surface area contributed by atoms with Crippen LogP contribution in [-0.2, 0) is 6.42 Å². The number of aromatic nitrogens is 2. The van der Waals surface area contributed by atoms with E-state index >= 15 is 0 Å². The third-order valence-corrected chi connectivity index (χ3v) is 3.99. The minimum Gasteiger partial charge on any atom is -0.339 e. The van der Waals surface area contributed by atoms with Crippen LogP contribution in [0, 0.1) is 28.5 Å². The smallest absolute Gasteiger partial charge is 0.231 e. The van der Waals surface area contributed by atoms with Crippen LogP contribution in [0.5, 0.6) is 0 Å². The van der Waals surface area contributed by atoms with Crippen LogP contribution in [0.15, 0.2) is 28.8 Å². The lowest BCUT2D eigenvalue weighted by Crippen LogP contribution is -1.93. The molecule has 1 aliphatic carbocycles. The first-order valence-electron chi connectivity index (χ1n) is 6.49. The highest BCUT2D eigenvalue weighted by molar-refractivity contribution is 5.27. The molecule has 0 spiro atoms. The van der Waals surface area contributed by atoms with E-state index in [-0.39, 0.29) is 23.1 Å². The van der Waals surface area contributed by atoms with Crippen molar-refractivity contribution in [3.8, 4) is 6.07 Å². The average molecular weight is 271 g/mol. The van der Waals surface area contributed by atoms with Gasteiger partial charge in [0.05, 0.1) is 17.9 Å². The summed E-state index contributed by atoms with van der Waals surface area (Å²) >= 11 is 0. The Morgan fingerprint density at radius 1 is 1.35 bits per heavy atom. The van der Waals surface area contributed by atoms with Gasteiger partial charge >= 0.3 is 0 Å². The largest absolute Gasteiger partial charge is 0.339 e. The van der Waals surface area contributed by atoms with Gasteiger partial charge in [-0.25, -0.2) is 4.39 Å². The van der Waals surface area contributed by atoms with Gasteiger partial charge in [0, 0.05) is 6.42 Å². The number of hydrogen-bond donors (Lipinski definition) is 0. The van der Waals surface area contributed by atoms with Crippen molar-refractivity contribution in [2.24, 2.45) is 11.3 Å². The highest BCUT2D eigenvalue weighted by atomic mass is 19.1. The Kier molecular flexibility index (Phi) is 2.82. The van der Waals surface area contributed by atoms with Gasteiger partial charge in [-0.1, -0.05) is 31.1 Å². The van der Waals surface area contributed by atoms with Crippen molar-refractivity contribution < 1.29 is 8.91 Å². The zero-order valence-corrected chi connectivity index (χ0v) is 11.3. The van der Waals surface area contributed by atoms with Crippen molar-refractivity contribution in [2.45, 2.75) is 26.2 Å². The molecule has 2 aromatic rings. The molecule has 0 N–H and O–H groups in total. The SMILES string of the molecule is CC1(C)C(C#N)C1c1nc(Cc2ccc(F)cc2)no1. The molecule has 4 nitrogen and oxygen atoms in total. The lowest BCUT2D eigenvalue weighted by Gasteiger charge is -1.96. The fraction of sp³-hybridized carbons (Fsp3) is 0.400. The maximum Gasteiger partial charge on any atom is 0.231 e. The fourth-order valence-corrected chi connectivity index (χ4v) is 2.59. The molecule has 1 aromatic carbocycles. The van der Waals surface area contributed by atoms with E-state index in [1.165, 1.54) is 12.1 Å². The van der Waals surface area contributed by atoms with E-state index in [1.54, 1.807) is 12.1 Å². The molecule has 0 aliphatic heterocycles. The normalized spacial score (nSPS) is 23.3. The molecular weight excluding hydrogens is 257 g/mol. The highest BCUT2D eigenvalue weighted by Gasteiger charge is 2.62. The van der Waals surface area contributed by atoms with Gasteiger partial charge < -0.3 is 4.52 Å². The fourth-order valence-electron chi connectivity index (χ4n) is 2.59. The monoisotopic (exact) mass is 271 g/mol. The second kappa shape index (κ2) is 4.41. The molecule has 0 saturated heterocycles. The molecule has 2 atom stereocenters. The summed E-state index contributed by atoms with van der Waals surface area (Å²) in [6.07, 6.45) is 0.494. The minimum atomic E-state index is -0.265. The lowest BCUT2D eigenvalue weighted by atomic mass is 10.1. The van der Waals surface area contributed by atoms with Crippen molar-refractivity contribution in [1.82, 2.24) is 10.1 Å². The molecule has 0 bridgehead atoms. The molecule has 3 rings (SSSR count). The molecule has 0 amide bonds. The second-order valence-electron chi connectivity index (χ2n) is 5.76. The quantitative estimate of drug-likeness (QED) is 0.860.